The van der Waals surface area contributed by atoms with E-state index in [1.54, 1.807) is 25.7 Å². The zero-order valence-corrected chi connectivity index (χ0v) is 15.4. The molecule has 0 aliphatic carbocycles. The Labute approximate surface area is 156 Å². The van der Waals surface area contributed by atoms with Gasteiger partial charge in [0.1, 0.15) is 17.1 Å². The van der Waals surface area contributed by atoms with Crippen molar-refractivity contribution in [3.8, 4) is 28.0 Å². The fraction of sp³-hybridized carbons (Fsp3) is 0.190. The first-order valence-electron chi connectivity index (χ1n) is 8.73. The lowest BCUT2D eigenvalue weighted by Gasteiger charge is -2.12. The summed E-state index contributed by atoms with van der Waals surface area (Å²) in [7, 11) is 1.59. The number of aromatic nitrogens is 4. The van der Waals surface area contributed by atoms with E-state index in [1.807, 2.05) is 42.7 Å². The van der Waals surface area contributed by atoms with Crippen molar-refractivity contribution in [3.63, 3.8) is 0 Å². The molecule has 0 saturated heterocycles. The van der Waals surface area contributed by atoms with Gasteiger partial charge in [0.05, 0.1) is 19.6 Å². The second kappa shape index (κ2) is 6.79. The summed E-state index contributed by atoms with van der Waals surface area (Å²) in [5.41, 5.74) is 5.35. The number of hydrogen-bond acceptors (Lipinski definition) is 4. The van der Waals surface area contributed by atoms with Crippen molar-refractivity contribution in [3.05, 3.63) is 60.3 Å². The average Bonchev–Trinajstić information content (AvgIpc) is 3.12. The van der Waals surface area contributed by atoms with E-state index >= 15 is 0 Å². The fourth-order valence-corrected chi connectivity index (χ4v) is 3.24. The average molecular weight is 362 g/mol. The summed E-state index contributed by atoms with van der Waals surface area (Å²) in [5.74, 6) is 0.331. The molecule has 6 heteroatoms. The normalized spacial score (nSPS) is 11.1. The molecule has 0 spiro atoms. The molecular formula is C21H19FN4O. The van der Waals surface area contributed by atoms with E-state index in [0.29, 0.717) is 22.5 Å². The molecule has 0 aliphatic rings. The number of nitrogens with zero attached hydrogens (tertiary/aromatic N) is 4. The molecule has 136 valence electrons. The molecule has 0 fully saturated rings. The highest BCUT2D eigenvalue weighted by Gasteiger charge is 2.15. The Kier molecular flexibility index (Phi) is 4.32. The van der Waals surface area contributed by atoms with Gasteiger partial charge in [-0.1, -0.05) is 18.2 Å². The van der Waals surface area contributed by atoms with Crippen LogP contribution in [0.15, 0.2) is 48.9 Å². The molecule has 2 aromatic carbocycles. The Morgan fingerprint density at radius 1 is 1.07 bits per heavy atom. The number of aryl methyl sites for hydroxylation is 2. The van der Waals surface area contributed by atoms with Crippen LogP contribution in [0.25, 0.3) is 33.4 Å². The molecule has 5 nitrogen and oxygen atoms in total. The van der Waals surface area contributed by atoms with E-state index in [-0.39, 0.29) is 5.82 Å². The standard InChI is InChI=1S/C21H19FN4O/c1-4-26-12-23-20-17(11-24-25-21(20)26)14-6-8-18(22)16(10-14)15-7-5-13(2)9-19(15)27-3/h5-12H,4H2,1-3H3. The highest BCUT2D eigenvalue weighted by molar-refractivity contribution is 5.90. The molecule has 0 bridgehead atoms. The van der Waals surface area contributed by atoms with E-state index in [9.17, 15) is 4.39 Å². The third-order valence-corrected chi connectivity index (χ3v) is 4.67. The van der Waals surface area contributed by atoms with Crippen molar-refractivity contribution in [1.82, 2.24) is 19.7 Å². The van der Waals surface area contributed by atoms with Crippen molar-refractivity contribution in [2.24, 2.45) is 0 Å². The summed E-state index contributed by atoms with van der Waals surface area (Å²) in [6.45, 7) is 4.75. The van der Waals surface area contributed by atoms with E-state index in [0.717, 1.165) is 28.8 Å². The number of benzene rings is 2. The highest BCUT2D eigenvalue weighted by atomic mass is 19.1. The second-order valence-electron chi connectivity index (χ2n) is 6.36. The van der Waals surface area contributed by atoms with Gasteiger partial charge in [0.15, 0.2) is 5.65 Å². The summed E-state index contributed by atoms with van der Waals surface area (Å²) >= 11 is 0. The topological polar surface area (TPSA) is 52.8 Å². The minimum Gasteiger partial charge on any atom is -0.496 e. The first-order valence-corrected chi connectivity index (χ1v) is 8.73. The Morgan fingerprint density at radius 3 is 2.70 bits per heavy atom. The van der Waals surface area contributed by atoms with Crippen molar-refractivity contribution < 1.29 is 9.13 Å². The van der Waals surface area contributed by atoms with Gasteiger partial charge < -0.3 is 9.30 Å². The van der Waals surface area contributed by atoms with Gasteiger partial charge in [-0.3, -0.25) is 0 Å². The van der Waals surface area contributed by atoms with Crippen molar-refractivity contribution >= 4 is 11.2 Å². The quantitative estimate of drug-likeness (QED) is 0.531. The number of hydrogen-bond donors (Lipinski definition) is 0. The van der Waals surface area contributed by atoms with Gasteiger partial charge in [-0.2, -0.15) is 5.10 Å². The molecule has 0 N–H and O–H groups in total. The molecule has 2 aromatic heterocycles. The van der Waals surface area contributed by atoms with Gasteiger partial charge in [-0.15, -0.1) is 5.10 Å². The molecule has 2 heterocycles. The minimum absolute atomic E-state index is 0.307. The van der Waals surface area contributed by atoms with Crippen LogP contribution in [0.2, 0.25) is 0 Å². The monoisotopic (exact) mass is 362 g/mol. The first kappa shape index (κ1) is 17.1. The molecule has 0 atom stereocenters. The predicted molar refractivity (Wildman–Crippen MR) is 103 cm³/mol. The van der Waals surface area contributed by atoms with Crippen LogP contribution in [0.4, 0.5) is 4.39 Å². The second-order valence-corrected chi connectivity index (χ2v) is 6.36. The lowest BCUT2D eigenvalue weighted by molar-refractivity contribution is 0.416. The number of methoxy groups -OCH3 is 1. The smallest absolute Gasteiger partial charge is 0.183 e. The molecule has 0 aliphatic heterocycles. The molecule has 0 amide bonds. The van der Waals surface area contributed by atoms with Gasteiger partial charge in [-0.05, 0) is 43.2 Å². The van der Waals surface area contributed by atoms with Gasteiger partial charge in [0, 0.05) is 23.2 Å². The molecule has 27 heavy (non-hydrogen) atoms. The molecule has 4 rings (SSSR count). The summed E-state index contributed by atoms with van der Waals surface area (Å²) in [4.78, 5) is 4.48. The number of halogens is 1. The highest BCUT2D eigenvalue weighted by Crippen LogP contribution is 2.36. The van der Waals surface area contributed by atoms with Gasteiger partial charge in [0.25, 0.3) is 0 Å². The van der Waals surface area contributed by atoms with Crippen LogP contribution in [-0.4, -0.2) is 26.9 Å². The van der Waals surface area contributed by atoms with Crippen LogP contribution < -0.4 is 4.74 Å². The number of imidazole rings is 1. The molecule has 0 radical (unpaired) electrons. The number of rotatable bonds is 4. The zero-order chi connectivity index (χ0) is 19.0. The fourth-order valence-electron chi connectivity index (χ4n) is 3.24. The largest absolute Gasteiger partial charge is 0.496 e. The Hall–Kier alpha value is -3.28. The van der Waals surface area contributed by atoms with Crippen LogP contribution in [0.1, 0.15) is 12.5 Å². The third kappa shape index (κ3) is 2.93. The van der Waals surface area contributed by atoms with Crippen molar-refractivity contribution in [2.75, 3.05) is 7.11 Å². The van der Waals surface area contributed by atoms with Crippen LogP contribution in [0, 0.1) is 12.7 Å². The number of fused-ring (bicyclic) bond motifs is 1. The lowest BCUT2D eigenvalue weighted by atomic mass is 9.97. The first-order chi connectivity index (χ1) is 13.1. The maximum atomic E-state index is 14.7. The summed E-state index contributed by atoms with van der Waals surface area (Å²) in [5, 5.41) is 8.30. The van der Waals surface area contributed by atoms with Crippen LogP contribution in [0.3, 0.4) is 0 Å². The summed E-state index contributed by atoms with van der Waals surface area (Å²) in [6.07, 6.45) is 3.41. The summed E-state index contributed by atoms with van der Waals surface area (Å²) in [6, 6.07) is 10.7. The van der Waals surface area contributed by atoms with Crippen LogP contribution in [0.5, 0.6) is 5.75 Å². The summed E-state index contributed by atoms with van der Waals surface area (Å²) < 4.78 is 22.1. The van der Waals surface area contributed by atoms with Gasteiger partial charge >= 0.3 is 0 Å². The van der Waals surface area contributed by atoms with Crippen molar-refractivity contribution in [2.45, 2.75) is 20.4 Å². The SMILES string of the molecule is CCn1cnc2c(-c3ccc(F)c(-c4ccc(C)cc4OC)c3)cnnc21. The van der Waals surface area contributed by atoms with E-state index in [1.165, 1.54) is 6.07 Å². The maximum absolute atomic E-state index is 14.7. The Balaban J connectivity index is 1.91. The lowest BCUT2D eigenvalue weighted by Crippen LogP contribution is -1.96. The molecule has 0 unspecified atom stereocenters. The Morgan fingerprint density at radius 2 is 1.93 bits per heavy atom. The van der Waals surface area contributed by atoms with E-state index in [2.05, 4.69) is 15.2 Å². The molecular weight excluding hydrogens is 343 g/mol. The van der Waals surface area contributed by atoms with Crippen LogP contribution in [-0.2, 0) is 6.54 Å². The van der Waals surface area contributed by atoms with E-state index in [4.69, 9.17) is 4.74 Å². The van der Waals surface area contributed by atoms with Crippen molar-refractivity contribution in [1.29, 1.82) is 0 Å². The maximum Gasteiger partial charge on any atom is 0.183 e. The van der Waals surface area contributed by atoms with E-state index < -0.39 is 0 Å². The predicted octanol–water partition coefficient (Wildman–Crippen LogP) is 4.64. The van der Waals surface area contributed by atoms with Gasteiger partial charge in [0.2, 0.25) is 0 Å². The Bertz CT molecular complexity index is 1140. The van der Waals surface area contributed by atoms with Crippen LogP contribution >= 0.6 is 0 Å². The third-order valence-electron chi connectivity index (χ3n) is 4.67. The van der Waals surface area contributed by atoms with Gasteiger partial charge in [-0.25, -0.2) is 9.37 Å². The minimum atomic E-state index is -0.307. The zero-order valence-electron chi connectivity index (χ0n) is 15.4. The molecule has 0 saturated carbocycles. The molecule has 4 aromatic rings. The number of ether oxygens (including phenoxy) is 1.